The van der Waals surface area contributed by atoms with Gasteiger partial charge in [0, 0.05) is 5.92 Å². The Labute approximate surface area is 46.2 Å². The van der Waals surface area contributed by atoms with E-state index < -0.39 is 0 Å². The summed E-state index contributed by atoms with van der Waals surface area (Å²) in [5.74, 6) is -0.0116. The SMILES string of the molecule is CC(C)C(O)=S=O. The molecule has 0 aliphatic carbocycles. The van der Waals surface area contributed by atoms with Crippen molar-refractivity contribution in [3.05, 3.63) is 0 Å². The summed E-state index contributed by atoms with van der Waals surface area (Å²) in [5, 5.41) is 8.46. The second-order valence-corrected chi connectivity index (χ2v) is 2.16. The second-order valence-electron chi connectivity index (χ2n) is 1.58. The number of aliphatic hydroxyl groups is 1. The van der Waals surface area contributed by atoms with Crippen LogP contribution in [0.5, 0.6) is 0 Å². The van der Waals surface area contributed by atoms with Crippen molar-refractivity contribution in [2.45, 2.75) is 13.8 Å². The number of rotatable bonds is 1. The van der Waals surface area contributed by atoms with Crippen molar-refractivity contribution >= 4 is 16.3 Å². The standard InChI is InChI=1S/C4H8O2S/c1-3(2)4(5)7-6/h3,5H,1-2H3. The highest BCUT2D eigenvalue weighted by molar-refractivity contribution is 7.66. The molecular formula is C4H8O2S. The first-order chi connectivity index (χ1) is 3.18. The minimum atomic E-state index is -0.0417. The minimum Gasteiger partial charge on any atom is -0.353 e. The molecule has 0 spiro atoms. The third-order valence-corrected chi connectivity index (χ3v) is 1.22. The van der Waals surface area contributed by atoms with Gasteiger partial charge in [0.15, 0.2) is 0 Å². The van der Waals surface area contributed by atoms with Crippen molar-refractivity contribution in [3.8, 4) is 0 Å². The predicted molar refractivity (Wildman–Crippen MR) is 30.6 cm³/mol. The Kier molecular flexibility index (Phi) is 2.87. The van der Waals surface area contributed by atoms with Gasteiger partial charge in [0.2, 0.25) is 0 Å². The van der Waals surface area contributed by atoms with Crippen LogP contribution in [0.25, 0.3) is 0 Å². The van der Waals surface area contributed by atoms with Crippen molar-refractivity contribution in [3.63, 3.8) is 0 Å². The number of hydrogen-bond acceptors (Lipinski definition) is 1. The normalized spacial score (nSPS) is 9.14. The van der Waals surface area contributed by atoms with Gasteiger partial charge >= 0.3 is 0 Å². The van der Waals surface area contributed by atoms with Gasteiger partial charge in [-0.3, -0.25) is 0 Å². The van der Waals surface area contributed by atoms with Gasteiger partial charge in [-0.15, -0.1) is 0 Å². The van der Waals surface area contributed by atoms with E-state index in [9.17, 15) is 4.21 Å². The Morgan fingerprint density at radius 1 is 1.71 bits per heavy atom. The summed E-state index contributed by atoms with van der Waals surface area (Å²) < 4.78 is 9.70. The molecule has 0 aliphatic rings. The van der Waals surface area contributed by atoms with Crippen LogP contribution in [0.15, 0.2) is 0 Å². The fourth-order valence-electron chi connectivity index (χ4n) is 0.0962. The molecule has 42 valence electrons. The van der Waals surface area contributed by atoms with Crippen molar-refractivity contribution < 1.29 is 9.32 Å². The lowest BCUT2D eigenvalue weighted by atomic mass is 10.2. The zero-order valence-electron chi connectivity index (χ0n) is 4.34. The van der Waals surface area contributed by atoms with Gasteiger partial charge in [0.05, 0.1) is 0 Å². The maximum atomic E-state index is 9.70. The van der Waals surface area contributed by atoms with E-state index in [-0.39, 0.29) is 22.2 Å². The molecule has 0 fully saturated rings. The molecule has 0 aromatic carbocycles. The van der Waals surface area contributed by atoms with E-state index in [0.29, 0.717) is 0 Å². The molecule has 3 heteroatoms. The Hall–Kier alpha value is -0.150. The molecule has 0 rings (SSSR count). The fourth-order valence-corrected chi connectivity index (χ4v) is 0.289. The largest absolute Gasteiger partial charge is 0.353 e. The third-order valence-electron chi connectivity index (χ3n) is 0.579. The summed E-state index contributed by atoms with van der Waals surface area (Å²) in [6.45, 7) is 3.53. The first-order valence-corrected chi connectivity index (χ1v) is 2.78. The highest BCUT2D eigenvalue weighted by Crippen LogP contribution is 1.88. The third kappa shape index (κ3) is 2.53. The molecule has 0 saturated carbocycles. The molecule has 2 nitrogen and oxygen atoms in total. The molecule has 0 bridgehead atoms. The Morgan fingerprint density at radius 3 is 2.14 bits per heavy atom. The van der Waals surface area contributed by atoms with E-state index in [4.69, 9.17) is 5.11 Å². The highest BCUT2D eigenvalue weighted by atomic mass is 32.1. The highest BCUT2D eigenvalue weighted by Gasteiger charge is 1.95. The lowest BCUT2D eigenvalue weighted by Crippen LogP contribution is -2.03. The molecule has 1 N–H and O–H groups in total. The predicted octanol–water partition coefficient (Wildman–Crippen LogP) is 0.543. The first-order valence-electron chi connectivity index (χ1n) is 2.04. The molecule has 0 aliphatic heterocycles. The summed E-state index contributed by atoms with van der Waals surface area (Å²) in [7, 11) is 0. The van der Waals surface area contributed by atoms with Crippen LogP contribution in [0.4, 0.5) is 0 Å². The molecule has 7 heavy (non-hydrogen) atoms. The number of hydrogen-bond donors (Lipinski definition) is 1. The fraction of sp³-hybridized carbons (Fsp3) is 0.750. The van der Waals surface area contributed by atoms with Crippen LogP contribution < -0.4 is 0 Å². The van der Waals surface area contributed by atoms with E-state index in [0.717, 1.165) is 0 Å². The zero-order chi connectivity index (χ0) is 5.86. The van der Waals surface area contributed by atoms with Gasteiger partial charge in [-0.05, 0) is 0 Å². The van der Waals surface area contributed by atoms with Crippen LogP contribution >= 0.6 is 0 Å². The molecule has 0 amide bonds. The zero-order valence-corrected chi connectivity index (χ0v) is 5.16. The first kappa shape index (κ1) is 6.85. The monoisotopic (exact) mass is 120 g/mol. The van der Waals surface area contributed by atoms with Gasteiger partial charge in [0.1, 0.15) is 16.3 Å². The second kappa shape index (κ2) is 2.93. The van der Waals surface area contributed by atoms with E-state index >= 15 is 0 Å². The summed E-state index contributed by atoms with van der Waals surface area (Å²) in [5.41, 5.74) is 0. The van der Waals surface area contributed by atoms with Crippen molar-refractivity contribution in [1.29, 1.82) is 0 Å². The lowest BCUT2D eigenvalue weighted by molar-refractivity contribution is 0.519. The van der Waals surface area contributed by atoms with Crippen LogP contribution in [0.2, 0.25) is 0 Å². The van der Waals surface area contributed by atoms with Gasteiger partial charge in [-0.2, -0.15) is 0 Å². The van der Waals surface area contributed by atoms with E-state index in [1.807, 2.05) is 0 Å². The molecular weight excluding hydrogens is 112 g/mol. The van der Waals surface area contributed by atoms with E-state index in [1.165, 1.54) is 0 Å². The molecule has 0 unspecified atom stereocenters. The average molecular weight is 120 g/mol. The van der Waals surface area contributed by atoms with Gasteiger partial charge in [-0.1, -0.05) is 13.8 Å². The summed E-state index contributed by atoms with van der Waals surface area (Å²) >= 11 is 0.155. The van der Waals surface area contributed by atoms with Crippen LogP contribution in [-0.4, -0.2) is 14.4 Å². The van der Waals surface area contributed by atoms with Gasteiger partial charge in [-0.25, -0.2) is 4.21 Å². The Bertz CT molecular complexity index is 102. The number of aliphatic hydroxyl groups excluding tert-OH is 1. The van der Waals surface area contributed by atoms with E-state index in [2.05, 4.69) is 0 Å². The smallest absolute Gasteiger partial charge is 0.145 e. The van der Waals surface area contributed by atoms with Crippen molar-refractivity contribution in [2.75, 3.05) is 0 Å². The van der Waals surface area contributed by atoms with Crippen molar-refractivity contribution in [1.82, 2.24) is 0 Å². The minimum absolute atomic E-state index is 0.0116. The summed E-state index contributed by atoms with van der Waals surface area (Å²) in [6, 6.07) is 0. The molecule has 0 aromatic heterocycles. The Morgan fingerprint density at radius 2 is 2.14 bits per heavy atom. The van der Waals surface area contributed by atoms with E-state index in [1.54, 1.807) is 13.8 Å². The Balaban J connectivity index is 3.81. The summed E-state index contributed by atoms with van der Waals surface area (Å²) in [4.78, 5) is 0. The molecule has 0 aromatic rings. The molecule has 0 heterocycles. The van der Waals surface area contributed by atoms with Crippen LogP contribution in [0, 0.1) is 5.92 Å². The van der Waals surface area contributed by atoms with Crippen LogP contribution in [-0.2, 0) is 11.3 Å². The van der Waals surface area contributed by atoms with Gasteiger partial charge in [0.25, 0.3) is 0 Å². The molecule has 0 radical (unpaired) electrons. The van der Waals surface area contributed by atoms with Crippen LogP contribution in [0.1, 0.15) is 13.8 Å². The quantitative estimate of drug-likeness (QED) is 0.513. The summed E-state index contributed by atoms with van der Waals surface area (Å²) in [6.07, 6.45) is 0. The maximum absolute atomic E-state index is 9.70. The maximum Gasteiger partial charge on any atom is 0.145 e. The molecule has 0 saturated heterocycles. The topological polar surface area (TPSA) is 37.3 Å². The lowest BCUT2D eigenvalue weighted by Gasteiger charge is -1.93. The average Bonchev–Trinajstić information content (AvgIpc) is 1.65. The van der Waals surface area contributed by atoms with Gasteiger partial charge < -0.3 is 5.11 Å². The van der Waals surface area contributed by atoms with Crippen molar-refractivity contribution in [2.24, 2.45) is 5.92 Å². The molecule has 0 atom stereocenters. The van der Waals surface area contributed by atoms with Crippen LogP contribution in [0.3, 0.4) is 0 Å².